The number of furan rings is 2. The Morgan fingerprint density at radius 3 is 2.50 bits per heavy atom. The third kappa shape index (κ3) is 2.54. The van der Waals surface area contributed by atoms with E-state index in [0.717, 1.165) is 11.3 Å². The van der Waals surface area contributed by atoms with Crippen LogP contribution in [0.25, 0.3) is 0 Å². The Morgan fingerprint density at radius 1 is 1.08 bits per heavy atom. The molecule has 5 heteroatoms. The van der Waals surface area contributed by atoms with E-state index in [-0.39, 0.29) is 11.9 Å². The molecule has 0 fully saturated rings. The molecule has 0 saturated carbocycles. The third-order valence-electron chi connectivity index (χ3n) is 4.09. The first-order valence-electron chi connectivity index (χ1n) is 7.77. The molecule has 1 aromatic carbocycles. The van der Waals surface area contributed by atoms with Crippen molar-refractivity contribution in [3.63, 3.8) is 0 Å². The summed E-state index contributed by atoms with van der Waals surface area (Å²) in [6.07, 6.45) is 3.76. The maximum Gasteiger partial charge on any atom is 0.274 e. The quantitative estimate of drug-likeness (QED) is 0.727. The van der Waals surface area contributed by atoms with Gasteiger partial charge in [0.05, 0.1) is 12.5 Å². The SMILES string of the molecule is Cc1ccc(C(=O)N2N=C(c3ccco3)C[C@H]2c2ccco2)cc1. The van der Waals surface area contributed by atoms with E-state index < -0.39 is 0 Å². The molecule has 1 amide bonds. The van der Waals surface area contributed by atoms with Crippen LogP contribution in [0.3, 0.4) is 0 Å². The number of rotatable bonds is 3. The molecule has 0 spiro atoms. The first-order chi connectivity index (χ1) is 11.7. The third-order valence-corrected chi connectivity index (χ3v) is 4.09. The molecule has 1 atom stereocenters. The average Bonchev–Trinajstić information content (AvgIpc) is 3.33. The number of amides is 1. The van der Waals surface area contributed by atoms with E-state index >= 15 is 0 Å². The number of hydrogen-bond acceptors (Lipinski definition) is 4. The van der Waals surface area contributed by atoms with Gasteiger partial charge in [-0.2, -0.15) is 5.10 Å². The van der Waals surface area contributed by atoms with Gasteiger partial charge < -0.3 is 8.83 Å². The smallest absolute Gasteiger partial charge is 0.274 e. The van der Waals surface area contributed by atoms with E-state index in [0.29, 0.717) is 23.5 Å². The Kier molecular flexibility index (Phi) is 3.54. The number of carbonyl (C=O) groups excluding carboxylic acids is 1. The Bertz CT molecular complexity index is 862. The Labute approximate surface area is 139 Å². The Morgan fingerprint density at radius 2 is 1.83 bits per heavy atom. The predicted octanol–water partition coefficient (Wildman–Crippen LogP) is 4.17. The molecule has 4 rings (SSSR count). The van der Waals surface area contributed by atoms with Crippen LogP contribution in [0.15, 0.2) is 75.0 Å². The van der Waals surface area contributed by atoms with Crippen LogP contribution in [-0.2, 0) is 0 Å². The highest BCUT2D eigenvalue weighted by molar-refractivity contribution is 6.03. The number of hydrazone groups is 1. The lowest BCUT2D eigenvalue weighted by molar-refractivity contribution is 0.0693. The molecule has 1 aliphatic rings. The summed E-state index contributed by atoms with van der Waals surface area (Å²) in [4.78, 5) is 12.9. The van der Waals surface area contributed by atoms with E-state index in [1.807, 2.05) is 55.5 Å². The van der Waals surface area contributed by atoms with Crippen molar-refractivity contribution in [2.24, 2.45) is 5.10 Å². The van der Waals surface area contributed by atoms with Crippen molar-refractivity contribution in [3.05, 3.63) is 83.7 Å². The van der Waals surface area contributed by atoms with Crippen molar-refractivity contribution in [3.8, 4) is 0 Å². The van der Waals surface area contributed by atoms with Crippen LogP contribution < -0.4 is 0 Å². The van der Waals surface area contributed by atoms with Crippen LogP contribution in [-0.4, -0.2) is 16.6 Å². The molecule has 0 bridgehead atoms. The zero-order chi connectivity index (χ0) is 16.5. The molecule has 5 nitrogen and oxygen atoms in total. The van der Waals surface area contributed by atoms with Crippen molar-refractivity contribution in [1.29, 1.82) is 0 Å². The molecule has 0 radical (unpaired) electrons. The zero-order valence-electron chi connectivity index (χ0n) is 13.2. The minimum absolute atomic E-state index is 0.155. The highest BCUT2D eigenvalue weighted by atomic mass is 16.3. The molecule has 0 aliphatic carbocycles. The van der Waals surface area contributed by atoms with Crippen LogP contribution in [0.4, 0.5) is 0 Å². The predicted molar refractivity (Wildman–Crippen MR) is 88.7 cm³/mol. The number of benzene rings is 1. The Hall–Kier alpha value is -3.08. The maximum atomic E-state index is 12.9. The highest BCUT2D eigenvalue weighted by Gasteiger charge is 2.36. The van der Waals surface area contributed by atoms with Crippen molar-refractivity contribution in [1.82, 2.24) is 5.01 Å². The summed E-state index contributed by atoms with van der Waals surface area (Å²) in [7, 11) is 0. The summed E-state index contributed by atoms with van der Waals surface area (Å²) in [5.41, 5.74) is 2.44. The molecule has 0 saturated heterocycles. The number of aryl methyl sites for hydroxylation is 1. The fourth-order valence-corrected chi connectivity index (χ4v) is 2.82. The topological polar surface area (TPSA) is 59.0 Å². The van der Waals surface area contributed by atoms with Crippen molar-refractivity contribution < 1.29 is 13.6 Å². The van der Waals surface area contributed by atoms with E-state index in [9.17, 15) is 4.79 Å². The van der Waals surface area contributed by atoms with Crippen LogP contribution in [0.2, 0.25) is 0 Å². The van der Waals surface area contributed by atoms with E-state index in [1.165, 1.54) is 5.01 Å². The van der Waals surface area contributed by atoms with Crippen LogP contribution in [0.5, 0.6) is 0 Å². The summed E-state index contributed by atoms with van der Waals surface area (Å²) in [5, 5.41) is 6.00. The molecular formula is C19H16N2O3. The van der Waals surface area contributed by atoms with Crippen molar-refractivity contribution in [2.75, 3.05) is 0 Å². The number of nitrogens with zero attached hydrogens (tertiary/aromatic N) is 2. The van der Waals surface area contributed by atoms with Gasteiger partial charge in [-0.1, -0.05) is 17.7 Å². The lowest BCUT2D eigenvalue weighted by atomic mass is 10.1. The zero-order valence-corrected chi connectivity index (χ0v) is 13.2. The second-order valence-electron chi connectivity index (χ2n) is 5.78. The van der Waals surface area contributed by atoms with Gasteiger partial charge in [-0.15, -0.1) is 0 Å². The molecule has 24 heavy (non-hydrogen) atoms. The summed E-state index contributed by atoms with van der Waals surface area (Å²) < 4.78 is 11.0. The summed E-state index contributed by atoms with van der Waals surface area (Å²) >= 11 is 0. The highest BCUT2D eigenvalue weighted by Crippen LogP contribution is 2.34. The number of carbonyl (C=O) groups is 1. The standard InChI is InChI=1S/C19H16N2O3/c1-13-6-8-14(9-7-13)19(22)21-16(18-5-3-11-24-18)12-15(20-21)17-4-2-10-23-17/h2-11,16H,12H2,1H3/t16-/m0/s1. The Balaban J connectivity index is 1.70. The fraction of sp³-hybridized carbons (Fsp3) is 0.158. The second-order valence-corrected chi connectivity index (χ2v) is 5.78. The summed E-state index contributed by atoms with van der Waals surface area (Å²) in [5.74, 6) is 1.23. The van der Waals surface area contributed by atoms with Gasteiger partial charge in [0.25, 0.3) is 5.91 Å². The van der Waals surface area contributed by atoms with Gasteiger partial charge >= 0.3 is 0 Å². The van der Waals surface area contributed by atoms with Gasteiger partial charge in [0.1, 0.15) is 23.3 Å². The molecule has 1 aliphatic heterocycles. The summed E-state index contributed by atoms with van der Waals surface area (Å²) in [6, 6.07) is 14.5. The normalized spacial score (nSPS) is 17.1. The molecule has 3 aromatic rings. The first-order valence-corrected chi connectivity index (χ1v) is 7.77. The van der Waals surface area contributed by atoms with Crippen molar-refractivity contribution in [2.45, 2.75) is 19.4 Å². The monoisotopic (exact) mass is 320 g/mol. The maximum absolute atomic E-state index is 12.9. The van der Waals surface area contributed by atoms with Gasteiger partial charge in [0, 0.05) is 12.0 Å². The van der Waals surface area contributed by atoms with Gasteiger partial charge in [-0.05, 0) is 43.3 Å². The molecule has 0 unspecified atom stereocenters. The molecule has 3 heterocycles. The number of hydrogen-bond donors (Lipinski definition) is 0. The first kappa shape index (κ1) is 14.5. The fourth-order valence-electron chi connectivity index (χ4n) is 2.82. The van der Waals surface area contributed by atoms with Crippen LogP contribution >= 0.6 is 0 Å². The molecule has 2 aromatic heterocycles. The lowest BCUT2D eigenvalue weighted by Crippen LogP contribution is -2.26. The van der Waals surface area contributed by atoms with Crippen LogP contribution in [0, 0.1) is 6.92 Å². The largest absolute Gasteiger partial charge is 0.467 e. The van der Waals surface area contributed by atoms with Gasteiger partial charge in [0.15, 0.2) is 0 Å². The van der Waals surface area contributed by atoms with Gasteiger partial charge in [-0.3, -0.25) is 4.79 Å². The minimum Gasteiger partial charge on any atom is -0.467 e. The van der Waals surface area contributed by atoms with E-state index in [2.05, 4.69) is 5.10 Å². The molecule has 120 valence electrons. The molecule has 0 N–H and O–H groups in total. The van der Waals surface area contributed by atoms with E-state index in [4.69, 9.17) is 8.83 Å². The van der Waals surface area contributed by atoms with Crippen LogP contribution in [0.1, 0.15) is 39.9 Å². The lowest BCUT2D eigenvalue weighted by Gasteiger charge is -2.19. The van der Waals surface area contributed by atoms with Gasteiger partial charge in [0.2, 0.25) is 0 Å². The summed E-state index contributed by atoms with van der Waals surface area (Å²) in [6.45, 7) is 1.99. The van der Waals surface area contributed by atoms with Crippen molar-refractivity contribution >= 4 is 11.6 Å². The molecular weight excluding hydrogens is 304 g/mol. The minimum atomic E-state index is -0.270. The van der Waals surface area contributed by atoms with E-state index in [1.54, 1.807) is 12.5 Å². The van der Waals surface area contributed by atoms with Gasteiger partial charge in [-0.25, -0.2) is 5.01 Å². The average molecular weight is 320 g/mol. The second kappa shape index (κ2) is 5.85.